The van der Waals surface area contributed by atoms with Crippen LogP contribution in [0.15, 0.2) is 24.3 Å². The van der Waals surface area contributed by atoms with E-state index in [4.69, 9.17) is 11.6 Å². The fourth-order valence-electron chi connectivity index (χ4n) is 1.51. The van der Waals surface area contributed by atoms with E-state index >= 15 is 0 Å². The van der Waals surface area contributed by atoms with Gasteiger partial charge in [-0.15, -0.1) is 0 Å². The van der Waals surface area contributed by atoms with Crippen molar-refractivity contribution in [3.8, 4) is 5.75 Å². The van der Waals surface area contributed by atoms with E-state index in [0.717, 1.165) is 11.4 Å². The Kier molecular flexibility index (Phi) is 3.15. The molecule has 4 nitrogen and oxygen atoms in total. The summed E-state index contributed by atoms with van der Waals surface area (Å²) < 4.78 is 0. The van der Waals surface area contributed by atoms with Gasteiger partial charge in [0, 0.05) is 16.4 Å². The second-order valence-electron chi connectivity index (χ2n) is 3.76. The van der Waals surface area contributed by atoms with Gasteiger partial charge in [0.2, 0.25) is 5.95 Å². The molecular weight excluding hydrogens is 238 g/mol. The van der Waals surface area contributed by atoms with Crippen molar-refractivity contribution in [2.75, 3.05) is 5.32 Å². The van der Waals surface area contributed by atoms with Crippen LogP contribution in [0.3, 0.4) is 0 Å². The predicted molar refractivity (Wildman–Crippen MR) is 67.9 cm³/mol. The monoisotopic (exact) mass is 249 g/mol. The van der Waals surface area contributed by atoms with Gasteiger partial charge in [0.1, 0.15) is 5.75 Å². The van der Waals surface area contributed by atoms with Crippen LogP contribution < -0.4 is 5.32 Å². The van der Waals surface area contributed by atoms with E-state index in [1.165, 1.54) is 6.07 Å². The fourth-order valence-corrected chi connectivity index (χ4v) is 1.68. The largest absolute Gasteiger partial charge is 0.506 e. The normalized spacial score (nSPS) is 10.3. The first-order chi connectivity index (χ1) is 8.04. The number of phenolic OH excluding ortho intramolecular Hbond substituents is 1. The Morgan fingerprint density at radius 2 is 1.76 bits per heavy atom. The minimum absolute atomic E-state index is 0.108. The topological polar surface area (TPSA) is 58.0 Å². The quantitative estimate of drug-likeness (QED) is 0.803. The van der Waals surface area contributed by atoms with Crippen molar-refractivity contribution in [3.05, 3.63) is 40.7 Å². The average molecular weight is 250 g/mol. The van der Waals surface area contributed by atoms with Crippen LogP contribution in [0.2, 0.25) is 5.02 Å². The standard InChI is InChI=1S/C12H12ClN3O/c1-7-5-8(2)15-12(14-7)16-10-6-9(13)3-4-11(10)17/h3-6,17H,1-2H3,(H,14,15,16). The molecule has 0 saturated heterocycles. The summed E-state index contributed by atoms with van der Waals surface area (Å²) in [5.41, 5.74) is 2.21. The number of benzene rings is 1. The molecule has 0 aliphatic rings. The lowest BCUT2D eigenvalue weighted by atomic mass is 10.3. The molecule has 0 atom stereocenters. The summed E-state index contributed by atoms with van der Waals surface area (Å²) in [6.45, 7) is 3.77. The number of hydrogen-bond acceptors (Lipinski definition) is 4. The van der Waals surface area contributed by atoms with Crippen molar-refractivity contribution < 1.29 is 5.11 Å². The Bertz CT molecular complexity index is 537. The van der Waals surface area contributed by atoms with Crippen LogP contribution in [0.5, 0.6) is 5.75 Å². The highest BCUT2D eigenvalue weighted by atomic mass is 35.5. The van der Waals surface area contributed by atoms with Gasteiger partial charge in [-0.05, 0) is 38.1 Å². The van der Waals surface area contributed by atoms with Crippen molar-refractivity contribution in [3.63, 3.8) is 0 Å². The number of phenols is 1. The van der Waals surface area contributed by atoms with Crippen molar-refractivity contribution >= 4 is 23.2 Å². The first kappa shape index (κ1) is 11.7. The Balaban J connectivity index is 2.34. The zero-order valence-corrected chi connectivity index (χ0v) is 10.3. The van der Waals surface area contributed by atoms with Crippen LogP contribution in [-0.2, 0) is 0 Å². The first-order valence-corrected chi connectivity index (χ1v) is 5.50. The van der Waals surface area contributed by atoms with Crippen molar-refractivity contribution in [1.29, 1.82) is 0 Å². The van der Waals surface area contributed by atoms with E-state index < -0.39 is 0 Å². The maximum atomic E-state index is 9.66. The highest BCUT2D eigenvalue weighted by Crippen LogP contribution is 2.28. The fraction of sp³-hybridized carbons (Fsp3) is 0.167. The van der Waals surface area contributed by atoms with Gasteiger partial charge in [-0.1, -0.05) is 11.6 Å². The van der Waals surface area contributed by atoms with Crippen LogP contribution >= 0.6 is 11.6 Å². The molecule has 2 rings (SSSR count). The Hall–Kier alpha value is -1.81. The van der Waals surface area contributed by atoms with Crippen molar-refractivity contribution in [2.24, 2.45) is 0 Å². The molecule has 1 aromatic heterocycles. The molecule has 0 spiro atoms. The van der Waals surface area contributed by atoms with Crippen LogP contribution in [0, 0.1) is 13.8 Å². The summed E-state index contributed by atoms with van der Waals surface area (Å²) >= 11 is 5.85. The Morgan fingerprint density at radius 3 is 2.41 bits per heavy atom. The summed E-state index contributed by atoms with van der Waals surface area (Å²) in [7, 11) is 0. The molecule has 2 N–H and O–H groups in total. The zero-order chi connectivity index (χ0) is 12.4. The minimum atomic E-state index is 0.108. The lowest BCUT2D eigenvalue weighted by molar-refractivity contribution is 0.477. The van der Waals surface area contributed by atoms with E-state index in [-0.39, 0.29) is 5.75 Å². The van der Waals surface area contributed by atoms with Gasteiger partial charge in [0.25, 0.3) is 0 Å². The second-order valence-corrected chi connectivity index (χ2v) is 4.20. The predicted octanol–water partition coefficient (Wildman–Crippen LogP) is 3.20. The van der Waals surface area contributed by atoms with E-state index in [2.05, 4.69) is 15.3 Å². The van der Waals surface area contributed by atoms with Gasteiger partial charge in [0.05, 0.1) is 5.69 Å². The molecule has 0 aliphatic carbocycles. The summed E-state index contributed by atoms with van der Waals surface area (Å²) in [5, 5.41) is 13.1. The molecule has 1 heterocycles. The number of aromatic nitrogens is 2. The molecule has 0 amide bonds. The first-order valence-electron chi connectivity index (χ1n) is 5.12. The number of nitrogens with zero attached hydrogens (tertiary/aromatic N) is 2. The molecule has 88 valence electrons. The van der Waals surface area contributed by atoms with Crippen LogP contribution in [0.4, 0.5) is 11.6 Å². The summed E-state index contributed by atoms with van der Waals surface area (Å²) in [6, 6.07) is 6.64. The molecule has 0 fully saturated rings. The number of aryl methyl sites for hydroxylation is 2. The third-order valence-corrected chi connectivity index (χ3v) is 2.42. The maximum absolute atomic E-state index is 9.66. The maximum Gasteiger partial charge on any atom is 0.227 e. The Labute approximate surface area is 104 Å². The summed E-state index contributed by atoms with van der Waals surface area (Å²) in [5.74, 6) is 0.553. The number of anilines is 2. The van der Waals surface area contributed by atoms with E-state index in [0.29, 0.717) is 16.7 Å². The molecule has 17 heavy (non-hydrogen) atoms. The van der Waals surface area contributed by atoms with Gasteiger partial charge in [-0.25, -0.2) is 9.97 Å². The number of aromatic hydroxyl groups is 1. The van der Waals surface area contributed by atoms with E-state index in [1.54, 1.807) is 12.1 Å². The van der Waals surface area contributed by atoms with Gasteiger partial charge in [-0.3, -0.25) is 0 Å². The van der Waals surface area contributed by atoms with Crippen molar-refractivity contribution in [1.82, 2.24) is 9.97 Å². The molecule has 0 bridgehead atoms. The number of halogens is 1. The number of rotatable bonds is 2. The van der Waals surface area contributed by atoms with Crippen LogP contribution in [-0.4, -0.2) is 15.1 Å². The third-order valence-electron chi connectivity index (χ3n) is 2.19. The van der Waals surface area contributed by atoms with Gasteiger partial charge >= 0.3 is 0 Å². The smallest absolute Gasteiger partial charge is 0.227 e. The molecule has 2 aromatic rings. The lowest BCUT2D eigenvalue weighted by Gasteiger charge is -2.08. The molecule has 1 aromatic carbocycles. The summed E-state index contributed by atoms with van der Waals surface area (Å²) in [6.07, 6.45) is 0. The highest BCUT2D eigenvalue weighted by Gasteiger charge is 2.05. The molecular formula is C12H12ClN3O. The van der Waals surface area contributed by atoms with Crippen molar-refractivity contribution in [2.45, 2.75) is 13.8 Å². The Morgan fingerprint density at radius 1 is 1.12 bits per heavy atom. The lowest BCUT2D eigenvalue weighted by Crippen LogP contribution is -2.00. The van der Waals surface area contributed by atoms with Gasteiger partial charge < -0.3 is 10.4 Å². The number of nitrogens with one attached hydrogen (secondary N) is 1. The highest BCUT2D eigenvalue weighted by molar-refractivity contribution is 6.30. The van der Waals surface area contributed by atoms with Crippen LogP contribution in [0.1, 0.15) is 11.4 Å². The third kappa shape index (κ3) is 2.85. The molecule has 0 aliphatic heterocycles. The minimum Gasteiger partial charge on any atom is -0.506 e. The van der Waals surface area contributed by atoms with E-state index in [9.17, 15) is 5.11 Å². The van der Waals surface area contributed by atoms with Gasteiger partial charge in [0.15, 0.2) is 0 Å². The molecule has 5 heteroatoms. The average Bonchev–Trinajstić information content (AvgIpc) is 2.22. The molecule has 0 unspecified atom stereocenters. The summed E-state index contributed by atoms with van der Waals surface area (Å²) in [4.78, 5) is 8.45. The SMILES string of the molecule is Cc1cc(C)nc(Nc2cc(Cl)ccc2O)n1. The molecule has 0 radical (unpaired) electrons. The van der Waals surface area contributed by atoms with Crippen LogP contribution in [0.25, 0.3) is 0 Å². The zero-order valence-electron chi connectivity index (χ0n) is 9.53. The second kappa shape index (κ2) is 4.59. The van der Waals surface area contributed by atoms with Gasteiger partial charge in [-0.2, -0.15) is 0 Å². The number of hydrogen-bond donors (Lipinski definition) is 2. The molecule has 0 saturated carbocycles. The van der Waals surface area contributed by atoms with E-state index in [1.807, 2.05) is 19.9 Å².